The summed E-state index contributed by atoms with van der Waals surface area (Å²) in [6, 6.07) is 26.4. The van der Waals surface area contributed by atoms with Gasteiger partial charge in [0.05, 0.1) is 22.5 Å². The zero-order valence-electron chi connectivity index (χ0n) is 21.6. The summed E-state index contributed by atoms with van der Waals surface area (Å²) in [6.45, 7) is 2.18. The van der Waals surface area contributed by atoms with Crippen LogP contribution in [0.3, 0.4) is 0 Å². The van der Waals surface area contributed by atoms with Crippen molar-refractivity contribution in [3.8, 4) is 11.5 Å². The number of halogens is 1. The molecule has 7 nitrogen and oxygen atoms in total. The van der Waals surface area contributed by atoms with Gasteiger partial charge in [0.15, 0.2) is 18.1 Å². The second kappa shape index (κ2) is 12.4. The number of nitrogens with one attached hydrogen (secondary N) is 1. The van der Waals surface area contributed by atoms with Gasteiger partial charge >= 0.3 is 0 Å². The SMILES string of the molecule is CCOc1cc(/C=C2\SC(=O)N(Cc3ccc4ccccc4c3)C2=O)cc(Br)c1OCC(=O)Nc1ccccc1. The molecule has 1 heterocycles. The first-order chi connectivity index (χ1) is 19.4. The van der Waals surface area contributed by atoms with E-state index < -0.39 is 0 Å². The molecule has 40 heavy (non-hydrogen) atoms. The molecule has 1 saturated heterocycles. The number of hydrogen-bond acceptors (Lipinski definition) is 6. The van der Waals surface area contributed by atoms with Gasteiger partial charge < -0.3 is 14.8 Å². The van der Waals surface area contributed by atoms with E-state index in [-0.39, 0.29) is 30.2 Å². The number of carbonyl (C=O) groups is 3. The molecule has 4 aromatic rings. The average Bonchev–Trinajstić information content (AvgIpc) is 3.20. The molecule has 5 rings (SSSR count). The van der Waals surface area contributed by atoms with E-state index in [2.05, 4.69) is 21.2 Å². The topological polar surface area (TPSA) is 84.9 Å². The minimum absolute atomic E-state index is 0.193. The maximum absolute atomic E-state index is 13.2. The van der Waals surface area contributed by atoms with E-state index in [1.165, 1.54) is 4.90 Å². The molecule has 0 atom stereocenters. The Morgan fingerprint density at radius 2 is 1.70 bits per heavy atom. The quantitative estimate of drug-likeness (QED) is 0.199. The molecule has 0 aliphatic carbocycles. The molecule has 0 unspecified atom stereocenters. The molecule has 0 radical (unpaired) electrons. The number of hydrogen-bond donors (Lipinski definition) is 1. The summed E-state index contributed by atoms with van der Waals surface area (Å²) < 4.78 is 12.1. The van der Waals surface area contributed by atoms with Crippen LogP contribution >= 0.6 is 27.7 Å². The van der Waals surface area contributed by atoms with Crippen LogP contribution in [0, 0.1) is 0 Å². The van der Waals surface area contributed by atoms with Gasteiger partial charge in [-0.15, -0.1) is 0 Å². The van der Waals surface area contributed by atoms with E-state index in [1.54, 1.807) is 30.3 Å². The lowest BCUT2D eigenvalue weighted by Gasteiger charge is -2.15. The Bertz CT molecular complexity index is 1620. The van der Waals surface area contributed by atoms with Crippen molar-refractivity contribution in [3.63, 3.8) is 0 Å². The van der Waals surface area contributed by atoms with Crippen molar-refractivity contribution in [3.05, 3.63) is 105 Å². The molecule has 0 bridgehead atoms. The Morgan fingerprint density at radius 3 is 2.48 bits per heavy atom. The molecule has 1 aliphatic rings. The smallest absolute Gasteiger partial charge is 0.293 e. The molecule has 0 saturated carbocycles. The molecule has 4 aromatic carbocycles. The zero-order chi connectivity index (χ0) is 28.1. The van der Waals surface area contributed by atoms with Crippen molar-refractivity contribution in [2.24, 2.45) is 0 Å². The van der Waals surface area contributed by atoms with Gasteiger partial charge in [-0.1, -0.05) is 54.6 Å². The molecule has 3 amide bonds. The predicted molar refractivity (Wildman–Crippen MR) is 161 cm³/mol. The first kappa shape index (κ1) is 27.5. The molecule has 0 spiro atoms. The highest BCUT2D eigenvalue weighted by Gasteiger charge is 2.35. The third-order valence-corrected chi connectivity index (χ3v) is 7.56. The number of fused-ring (bicyclic) bond motifs is 1. The van der Waals surface area contributed by atoms with Gasteiger partial charge in [0.25, 0.3) is 17.1 Å². The van der Waals surface area contributed by atoms with Gasteiger partial charge in [-0.25, -0.2) is 0 Å². The highest BCUT2D eigenvalue weighted by Crippen LogP contribution is 2.39. The average molecular weight is 618 g/mol. The van der Waals surface area contributed by atoms with Gasteiger partial charge in [-0.3, -0.25) is 19.3 Å². The van der Waals surface area contributed by atoms with Gasteiger partial charge in [-0.05, 0) is 92.9 Å². The number of rotatable bonds is 9. The lowest BCUT2D eigenvalue weighted by Crippen LogP contribution is -2.27. The fourth-order valence-electron chi connectivity index (χ4n) is 4.24. The van der Waals surface area contributed by atoms with E-state index in [1.807, 2.05) is 67.6 Å². The number of carbonyl (C=O) groups excluding carboxylic acids is 3. The summed E-state index contributed by atoms with van der Waals surface area (Å²) >= 11 is 4.40. The van der Waals surface area contributed by atoms with Crippen molar-refractivity contribution >= 4 is 67.3 Å². The highest BCUT2D eigenvalue weighted by atomic mass is 79.9. The largest absolute Gasteiger partial charge is 0.490 e. The second-order valence-corrected chi connectivity index (χ2v) is 10.8. The minimum atomic E-state index is -0.352. The first-order valence-corrected chi connectivity index (χ1v) is 14.2. The van der Waals surface area contributed by atoms with Gasteiger partial charge in [0.1, 0.15) is 0 Å². The van der Waals surface area contributed by atoms with Crippen LogP contribution in [0.15, 0.2) is 94.3 Å². The number of para-hydroxylation sites is 1. The Labute approximate surface area is 244 Å². The van der Waals surface area contributed by atoms with Crippen LogP contribution in [0.2, 0.25) is 0 Å². The maximum atomic E-state index is 13.2. The summed E-state index contributed by atoms with van der Waals surface area (Å²) in [6.07, 6.45) is 1.66. The molecule has 1 aliphatic heterocycles. The predicted octanol–water partition coefficient (Wildman–Crippen LogP) is 7.26. The number of anilines is 1. The van der Waals surface area contributed by atoms with Crippen LogP contribution in [0.1, 0.15) is 18.1 Å². The zero-order valence-corrected chi connectivity index (χ0v) is 24.0. The van der Waals surface area contributed by atoms with Crippen LogP contribution in [0.25, 0.3) is 16.8 Å². The highest BCUT2D eigenvalue weighted by molar-refractivity contribution is 9.10. The van der Waals surface area contributed by atoms with Gasteiger partial charge in [0, 0.05) is 5.69 Å². The third kappa shape index (κ3) is 6.38. The number of nitrogens with zero attached hydrogens (tertiary/aromatic N) is 1. The van der Waals surface area contributed by atoms with E-state index in [0.717, 1.165) is 28.1 Å². The minimum Gasteiger partial charge on any atom is -0.490 e. The fourth-order valence-corrected chi connectivity index (χ4v) is 5.65. The van der Waals surface area contributed by atoms with Crippen molar-refractivity contribution in [1.82, 2.24) is 4.90 Å². The fraction of sp³-hybridized carbons (Fsp3) is 0.129. The van der Waals surface area contributed by atoms with Crippen molar-refractivity contribution < 1.29 is 23.9 Å². The molecule has 1 fully saturated rings. The molecule has 202 valence electrons. The molecule has 9 heteroatoms. The van der Waals surface area contributed by atoms with Gasteiger partial charge in [-0.2, -0.15) is 0 Å². The summed E-state index contributed by atoms with van der Waals surface area (Å²) in [4.78, 5) is 39.9. The standard InChI is InChI=1S/C31H25BrN2O5S/c1-2-38-26-16-21(15-25(32)29(26)39-19-28(35)33-24-10-4-3-5-11-24)17-27-30(36)34(31(37)40-27)18-20-12-13-22-8-6-7-9-23(22)14-20/h3-17H,2,18-19H2,1H3,(H,33,35)/b27-17-. The first-order valence-electron chi connectivity index (χ1n) is 12.6. The lowest BCUT2D eigenvalue weighted by atomic mass is 10.1. The van der Waals surface area contributed by atoms with Crippen LogP contribution in [0.5, 0.6) is 11.5 Å². The van der Waals surface area contributed by atoms with Crippen molar-refractivity contribution in [1.29, 1.82) is 0 Å². The third-order valence-electron chi connectivity index (χ3n) is 6.06. The Balaban J connectivity index is 1.31. The number of thioether (sulfide) groups is 1. The number of benzene rings is 4. The van der Waals surface area contributed by atoms with Gasteiger partial charge in [0.2, 0.25) is 0 Å². The number of ether oxygens (including phenoxy) is 2. The summed E-state index contributed by atoms with van der Waals surface area (Å²) in [5, 5.41) is 4.60. The van der Waals surface area contributed by atoms with E-state index in [0.29, 0.717) is 38.7 Å². The summed E-state index contributed by atoms with van der Waals surface area (Å²) in [5.41, 5.74) is 2.19. The summed E-state index contributed by atoms with van der Waals surface area (Å²) in [5.74, 6) is 0.109. The molecule has 0 aromatic heterocycles. The molecular formula is C31H25BrN2O5S. The Hall–Kier alpha value is -4.08. The van der Waals surface area contributed by atoms with Crippen LogP contribution in [-0.4, -0.2) is 35.2 Å². The Morgan fingerprint density at radius 1 is 0.950 bits per heavy atom. The Kier molecular flexibility index (Phi) is 8.52. The molecule has 1 N–H and O–H groups in total. The van der Waals surface area contributed by atoms with Crippen LogP contribution in [-0.2, 0) is 16.1 Å². The number of amides is 3. The van der Waals surface area contributed by atoms with Crippen molar-refractivity contribution in [2.45, 2.75) is 13.5 Å². The van der Waals surface area contributed by atoms with E-state index in [4.69, 9.17) is 9.47 Å². The van der Waals surface area contributed by atoms with Crippen LogP contribution < -0.4 is 14.8 Å². The van der Waals surface area contributed by atoms with Crippen LogP contribution in [0.4, 0.5) is 10.5 Å². The van der Waals surface area contributed by atoms with Crippen molar-refractivity contribution in [2.75, 3.05) is 18.5 Å². The normalized spacial score (nSPS) is 14.2. The second-order valence-electron chi connectivity index (χ2n) is 8.92. The maximum Gasteiger partial charge on any atom is 0.293 e. The molecular weight excluding hydrogens is 592 g/mol. The monoisotopic (exact) mass is 616 g/mol. The van der Waals surface area contributed by atoms with E-state index >= 15 is 0 Å². The van der Waals surface area contributed by atoms with E-state index in [9.17, 15) is 14.4 Å². The lowest BCUT2D eigenvalue weighted by molar-refractivity contribution is -0.123. The summed E-state index contributed by atoms with van der Waals surface area (Å²) in [7, 11) is 0. The number of imide groups is 1.